The van der Waals surface area contributed by atoms with E-state index in [4.69, 9.17) is 11.6 Å². The van der Waals surface area contributed by atoms with Gasteiger partial charge in [-0.25, -0.2) is 0 Å². The largest absolute Gasteiger partial charge is 0.431 e. The van der Waals surface area contributed by atoms with Crippen molar-refractivity contribution in [2.24, 2.45) is 5.41 Å². The molecule has 0 saturated heterocycles. The lowest BCUT2D eigenvalue weighted by atomic mass is 9.96. The van der Waals surface area contributed by atoms with Gasteiger partial charge < -0.3 is 14.6 Å². The third-order valence-corrected chi connectivity index (χ3v) is 6.04. The molecule has 0 spiro atoms. The molecule has 0 atom stereocenters. The van der Waals surface area contributed by atoms with Gasteiger partial charge in [-0.15, -0.1) is 0 Å². The van der Waals surface area contributed by atoms with Crippen LogP contribution in [0.15, 0.2) is 30.3 Å². The van der Waals surface area contributed by atoms with E-state index in [0.29, 0.717) is 30.0 Å². The fraction of sp³-hybridized carbons (Fsp3) is 0.542. The summed E-state index contributed by atoms with van der Waals surface area (Å²) < 4.78 is 43.3. The molecule has 4 nitrogen and oxygen atoms in total. The van der Waals surface area contributed by atoms with E-state index in [1.54, 1.807) is 31.3 Å². The minimum absolute atomic E-state index is 0.0632. The molecule has 1 aliphatic carbocycles. The third kappa shape index (κ3) is 5.49. The molecule has 32 heavy (non-hydrogen) atoms. The average molecular weight is 471 g/mol. The van der Waals surface area contributed by atoms with Crippen molar-refractivity contribution in [1.82, 2.24) is 9.47 Å². The Bertz CT molecular complexity index is 969. The van der Waals surface area contributed by atoms with Gasteiger partial charge in [-0.1, -0.05) is 57.3 Å². The molecule has 1 aliphatic rings. The number of aromatic nitrogens is 1. The zero-order chi connectivity index (χ0) is 23.9. The Hall–Kier alpha value is -1.99. The van der Waals surface area contributed by atoms with Gasteiger partial charge >= 0.3 is 6.18 Å². The normalized spacial score (nSPS) is 16.4. The first-order chi connectivity index (χ1) is 14.7. The van der Waals surface area contributed by atoms with Crippen LogP contribution in [0.25, 0.3) is 11.1 Å². The molecule has 176 valence electrons. The maximum atomic E-state index is 14.1. The van der Waals surface area contributed by atoms with Gasteiger partial charge in [0.1, 0.15) is 11.4 Å². The Morgan fingerprint density at radius 1 is 1.16 bits per heavy atom. The Labute approximate surface area is 192 Å². The molecule has 0 unspecified atom stereocenters. The second kappa shape index (κ2) is 8.75. The van der Waals surface area contributed by atoms with Crippen LogP contribution in [0.5, 0.6) is 0 Å². The Morgan fingerprint density at radius 3 is 2.22 bits per heavy atom. The van der Waals surface area contributed by atoms with Gasteiger partial charge in [0, 0.05) is 24.2 Å². The summed E-state index contributed by atoms with van der Waals surface area (Å²) in [5.74, 6) is -0.512. The van der Waals surface area contributed by atoms with Crippen LogP contribution >= 0.6 is 11.6 Å². The van der Waals surface area contributed by atoms with Crippen molar-refractivity contribution in [3.8, 4) is 11.1 Å². The summed E-state index contributed by atoms with van der Waals surface area (Å²) >= 11 is 5.97. The van der Waals surface area contributed by atoms with E-state index in [1.807, 2.05) is 20.8 Å². The van der Waals surface area contributed by atoms with E-state index in [1.165, 1.54) is 4.90 Å². The maximum Gasteiger partial charge on any atom is 0.431 e. The highest BCUT2D eigenvalue weighted by molar-refractivity contribution is 6.30. The van der Waals surface area contributed by atoms with Crippen LogP contribution in [0.3, 0.4) is 0 Å². The molecule has 0 radical (unpaired) electrons. The maximum absolute atomic E-state index is 14.1. The van der Waals surface area contributed by atoms with Crippen LogP contribution < -0.4 is 0 Å². The molecule has 0 aliphatic heterocycles. The van der Waals surface area contributed by atoms with Gasteiger partial charge in [0.25, 0.3) is 5.91 Å². The zero-order valence-corrected chi connectivity index (χ0v) is 19.6. The highest BCUT2D eigenvalue weighted by atomic mass is 35.5. The fourth-order valence-electron chi connectivity index (χ4n) is 4.48. The Balaban J connectivity index is 2.22. The van der Waals surface area contributed by atoms with Crippen LogP contribution in [0.4, 0.5) is 13.2 Å². The minimum atomic E-state index is -4.68. The summed E-state index contributed by atoms with van der Waals surface area (Å²) in [5, 5.41) is 11.4. The van der Waals surface area contributed by atoms with E-state index in [-0.39, 0.29) is 23.2 Å². The van der Waals surface area contributed by atoms with Gasteiger partial charge in [0.05, 0.1) is 12.1 Å². The molecule has 8 heteroatoms. The standard InChI is InChI=1S/C24H30ClF3N2O2/c1-22(2,3)14-29(4)21(31)20-18(16-7-9-17(25)10-8-16)13-19(24(26,27)28)30(20)15-23(32)11-5-6-12-23/h7-10,13,32H,5-6,11-12,14-15H2,1-4H3. The molecule has 3 rings (SSSR count). The lowest BCUT2D eigenvalue weighted by molar-refractivity contribution is -0.144. The van der Waals surface area contributed by atoms with Crippen molar-refractivity contribution in [3.05, 3.63) is 46.7 Å². The smallest absolute Gasteiger partial charge is 0.388 e. The Morgan fingerprint density at radius 2 is 1.72 bits per heavy atom. The number of nitrogens with zero attached hydrogens (tertiary/aromatic N) is 2. The van der Waals surface area contributed by atoms with Crippen molar-refractivity contribution in [3.63, 3.8) is 0 Å². The average Bonchev–Trinajstić information content (AvgIpc) is 3.24. The van der Waals surface area contributed by atoms with E-state index >= 15 is 0 Å². The number of alkyl halides is 3. The van der Waals surface area contributed by atoms with Gasteiger partial charge in [-0.2, -0.15) is 13.2 Å². The van der Waals surface area contributed by atoms with Gasteiger partial charge in [-0.05, 0) is 42.0 Å². The van der Waals surface area contributed by atoms with Crippen molar-refractivity contribution < 1.29 is 23.1 Å². The van der Waals surface area contributed by atoms with Gasteiger partial charge in [0.15, 0.2) is 0 Å². The Kier molecular flexibility index (Phi) is 6.74. The number of amides is 1. The molecule has 1 amide bonds. The van der Waals surface area contributed by atoms with Crippen molar-refractivity contribution in [2.75, 3.05) is 13.6 Å². The van der Waals surface area contributed by atoms with Gasteiger partial charge in [-0.3, -0.25) is 4.79 Å². The number of hydrogen-bond acceptors (Lipinski definition) is 2. The summed E-state index contributed by atoms with van der Waals surface area (Å²) in [5.41, 5.74) is -1.86. The monoisotopic (exact) mass is 470 g/mol. The lowest BCUT2D eigenvalue weighted by Crippen LogP contribution is -2.38. The van der Waals surface area contributed by atoms with E-state index in [2.05, 4.69) is 0 Å². The number of benzene rings is 1. The second-order valence-electron chi connectivity index (χ2n) is 10.0. The molecule has 1 aromatic carbocycles. The van der Waals surface area contributed by atoms with Crippen molar-refractivity contribution in [1.29, 1.82) is 0 Å². The third-order valence-electron chi connectivity index (χ3n) is 5.79. The predicted octanol–water partition coefficient (Wildman–Crippen LogP) is 6.25. The summed E-state index contributed by atoms with van der Waals surface area (Å²) in [6, 6.07) is 7.39. The molecular weight excluding hydrogens is 441 g/mol. The summed E-state index contributed by atoms with van der Waals surface area (Å²) in [6.45, 7) is 5.96. The van der Waals surface area contributed by atoms with Crippen LogP contribution in [0.1, 0.15) is 62.6 Å². The molecule has 1 fully saturated rings. The fourth-order valence-corrected chi connectivity index (χ4v) is 4.60. The number of aliphatic hydroxyl groups is 1. The highest BCUT2D eigenvalue weighted by Crippen LogP contribution is 2.40. The van der Waals surface area contributed by atoms with Crippen LogP contribution in [-0.2, 0) is 12.7 Å². The number of rotatable bonds is 5. The molecule has 1 aromatic heterocycles. The number of carbonyl (C=O) groups excluding carboxylic acids is 1. The first-order valence-electron chi connectivity index (χ1n) is 10.7. The zero-order valence-electron chi connectivity index (χ0n) is 18.9. The van der Waals surface area contributed by atoms with Crippen molar-refractivity contribution in [2.45, 2.75) is 64.8 Å². The van der Waals surface area contributed by atoms with Crippen LogP contribution in [-0.4, -0.2) is 39.7 Å². The molecule has 0 bridgehead atoms. The number of hydrogen-bond donors (Lipinski definition) is 1. The second-order valence-corrected chi connectivity index (χ2v) is 10.5. The first kappa shape index (κ1) is 24.6. The lowest BCUT2D eigenvalue weighted by Gasteiger charge is -2.30. The number of halogens is 4. The molecule has 1 N–H and O–H groups in total. The topological polar surface area (TPSA) is 45.5 Å². The predicted molar refractivity (Wildman–Crippen MR) is 120 cm³/mol. The van der Waals surface area contributed by atoms with E-state index in [0.717, 1.165) is 23.5 Å². The number of carbonyl (C=O) groups is 1. The highest BCUT2D eigenvalue weighted by Gasteiger charge is 2.42. The molecular formula is C24H30ClF3N2O2. The summed E-state index contributed by atoms with van der Waals surface area (Å²) in [4.78, 5) is 15.0. The first-order valence-corrected chi connectivity index (χ1v) is 11.1. The van der Waals surface area contributed by atoms with Crippen LogP contribution in [0.2, 0.25) is 5.02 Å². The minimum Gasteiger partial charge on any atom is -0.388 e. The summed E-state index contributed by atoms with van der Waals surface area (Å²) in [6.07, 6.45) is -2.38. The van der Waals surface area contributed by atoms with E-state index < -0.39 is 23.4 Å². The summed E-state index contributed by atoms with van der Waals surface area (Å²) in [7, 11) is 1.59. The molecule has 1 saturated carbocycles. The van der Waals surface area contributed by atoms with Crippen LogP contribution in [0, 0.1) is 5.41 Å². The van der Waals surface area contributed by atoms with E-state index in [9.17, 15) is 23.1 Å². The molecule has 2 aromatic rings. The molecule has 1 heterocycles. The SMILES string of the molecule is CN(CC(C)(C)C)C(=O)c1c(-c2ccc(Cl)cc2)cc(C(F)(F)F)n1CC1(O)CCCC1. The van der Waals surface area contributed by atoms with Gasteiger partial charge in [0.2, 0.25) is 0 Å². The van der Waals surface area contributed by atoms with Crippen molar-refractivity contribution >= 4 is 17.5 Å². The quantitative estimate of drug-likeness (QED) is 0.561.